The van der Waals surface area contributed by atoms with Crippen molar-refractivity contribution in [2.75, 3.05) is 0 Å². The molecule has 0 radical (unpaired) electrons. The van der Waals surface area contributed by atoms with Gasteiger partial charge >= 0.3 is 0 Å². The molecule has 3 unspecified atom stereocenters. The highest BCUT2D eigenvalue weighted by molar-refractivity contribution is 4.66. The third-order valence-corrected chi connectivity index (χ3v) is 2.00. The second kappa shape index (κ2) is 4.69. The minimum Gasteiger partial charge on any atom is -0.379 e. The molecule has 62 valence electrons. The first-order chi connectivity index (χ1) is 4.57. The van der Waals surface area contributed by atoms with Gasteiger partial charge in [0.25, 0.3) is 0 Å². The van der Waals surface area contributed by atoms with E-state index in [1.165, 1.54) is 0 Å². The summed E-state index contributed by atoms with van der Waals surface area (Å²) in [5.41, 5.74) is 0. The van der Waals surface area contributed by atoms with Crippen LogP contribution in [0.1, 0.15) is 34.1 Å². The zero-order valence-electron chi connectivity index (χ0n) is 7.39. The van der Waals surface area contributed by atoms with E-state index in [9.17, 15) is 0 Å². The largest absolute Gasteiger partial charge is 0.379 e. The second-order valence-corrected chi connectivity index (χ2v) is 3.02. The van der Waals surface area contributed by atoms with Crippen molar-refractivity contribution >= 4 is 0 Å². The molecule has 3 atom stereocenters. The lowest BCUT2D eigenvalue weighted by atomic mass is 10.0. The summed E-state index contributed by atoms with van der Waals surface area (Å²) in [4.78, 5) is 0. The highest BCUT2D eigenvalue weighted by Gasteiger charge is 2.10. The van der Waals surface area contributed by atoms with Crippen molar-refractivity contribution in [2.45, 2.75) is 46.4 Å². The molecule has 0 aromatic carbocycles. The molecule has 0 saturated carbocycles. The second-order valence-electron chi connectivity index (χ2n) is 3.02. The van der Waals surface area contributed by atoms with Crippen molar-refractivity contribution in [3.8, 4) is 0 Å². The Bertz CT molecular complexity index is 83.3. The van der Waals surface area contributed by atoms with Gasteiger partial charge in [-0.3, -0.25) is 5.32 Å². The first kappa shape index (κ1) is 9.92. The number of hydrogen-bond acceptors (Lipinski definition) is 2. The summed E-state index contributed by atoms with van der Waals surface area (Å²) in [6.07, 6.45) is 0.768. The average Bonchev–Trinajstić information content (AvgIpc) is 1.85. The molecule has 0 aliphatic heterocycles. The zero-order chi connectivity index (χ0) is 8.15. The van der Waals surface area contributed by atoms with Crippen LogP contribution in [0.4, 0.5) is 0 Å². The molecule has 0 fully saturated rings. The Kier molecular flexibility index (Phi) is 4.65. The minimum atomic E-state index is -0.385. The molecule has 0 spiro atoms. The van der Waals surface area contributed by atoms with Gasteiger partial charge in [-0.25, -0.2) is 0 Å². The number of aliphatic hydroxyl groups excluding tert-OH is 1. The van der Waals surface area contributed by atoms with E-state index in [2.05, 4.69) is 26.1 Å². The van der Waals surface area contributed by atoms with Crippen LogP contribution in [0.5, 0.6) is 0 Å². The van der Waals surface area contributed by atoms with E-state index >= 15 is 0 Å². The quantitative estimate of drug-likeness (QED) is 0.585. The predicted molar refractivity (Wildman–Crippen MR) is 43.7 cm³/mol. The van der Waals surface area contributed by atoms with E-state index in [0.29, 0.717) is 12.0 Å². The molecule has 2 nitrogen and oxygen atoms in total. The molecular weight excluding hydrogens is 126 g/mol. The van der Waals surface area contributed by atoms with E-state index in [-0.39, 0.29) is 6.23 Å². The molecule has 0 aliphatic carbocycles. The molecule has 0 aromatic heterocycles. The van der Waals surface area contributed by atoms with Crippen LogP contribution < -0.4 is 5.32 Å². The molecule has 0 aliphatic rings. The molecule has 0 amide bonds. The molecule has 2 heteroatoms. The Morgan fingerprint density at radius 2 is 1.80 bits per heavy atom. The van der Waals surface area contributed by atoms with E-state index in [1.807, 2.05) is 0 Å². The van der Waals surface area contributed by atoms with Crippen LogP contribution in [0.15, 0.2) is 0 Å². The van der Waals surface area contributed by atoms with E-state index < -0.39 is 0 Å². The fourth-order valence-corrected chi connectivity index (χ4v) is 0.898. The van der Waals surface area contributed by atoms with Gasteiger partial charge in [0.05, 0.1) is 0 Å². The van der Waals surface area contributed by atoms with Crippen molar-refractivity contribution in [3.63, 3.8) is 0 Å². The summed E-state index contributed by atoms with van der Waals surface area (Å²) in [5.74, 6) is 0.634. The summed E-state index contributed by atoms with van der Waals surface area (Å²) in [7, 11) is 0. The van der Waals surface area contributed by atoms with Gasteiger partial charge in [-0.15, -0.1) is 0 Å². The monoisotopic (exact) mass is 145 g/mol. The van der Waals surface area contributed by atoms with Crippen molar-refractivity contribution in [1.82, 2.24) is 5.32 Å². The molecule has 10 heavy (non-hydrogen) atoms. The van der Waals surface area contributed by atoms with Gasteiger partial charge < -0.3 is 5.11 Å². The average molecular weight is 145 g/mol. The zero-order valence-corrected chi connectivity index (χ0v) is 7.39. The van der Waals surface area contributed by atoms with Gasteiger partial charge in [0, 0.05) is 6.04 Å². The van der Waals surface area contributed by atoms with Crippen LogP contribution in [0, 0.1) is 5.92 Å². The molecule has 0 rings (SSSR count). The lowest BCUT2D eigenvalue weighted by Crippen LogP contribution is -2.38. The lowest BCUT2D eigenvalue weighted by Gasteiger charge is -2.21. The molecular formula is C8H19NO. The Morgan fingerprint density at radius 1 is 1.30 bits per heavy atom. The normalized spacial score (nSPS) is 20.1. The minimum absolute atomic E-state index is 0.385. The van der Waals surface area contributed by atoms with Crippen molar-refractivity contribution in [3.05, 3.63) is 0 Å². The van der Waals surface area contributed by atoms with Gasteiger partial charge in [0.15, 0.2) is 0 Å². The lowest BCUT2D eigenvalue weighted by molar-refractivity contribution is 0.131. The number of hydrogen-bond donors (Lipinski definition) is 2. The Hall–Kier alpha value is -0.0800. The summed E-state index contributed by atoms with van der Waals surface area (Å²) >= 11 is 0. The van der Waals surface area contributed by atoms with Gasteiger partial charge in [0.1, 0.15) is 6.23 Å². The van der Waals surface area contributed by atoms with Crippen LogP contribution >= 0.6 is 0 Å². The first-order valence-corrected chi connectivity index (χ1v) is 4.02. The van der Waals surface area contributed by atoms with Crippen molar-refractivity contribution < 1.29 is 5.11 Å². The number of rotatable bonds is 4. The maximum atomic E-state index is 8.96. The third kappa shape index (κ3) is 3.85. The highest BCUT2D eigenvalue weighted by Crippen LogP contribution is 2.06. The van der Waals surface area contributed by atoms with Gasteiger partial charge in [0.2, 0.25) is 0 Å². The Balaban J connectivity index is 3.50. The summed E-state index contributed by atoms with van der Waals surface area (Å²) in [6.45, 7) is 8.19. The summed E-state index contributed by atoms with van der Waals surface area (Å²) in [5, 5.41) is 12.0. The number of aliphatic hydroxyl groups is 1. The van der Waals surface area contributed by atoms with Crippen LogP contribution in [-0.4, -0.2) is 17.4 Å². The SMILES string of the molecule is CCC(C)C(C)NC(C)O. The van der Waals surface area contributed by atoms with Crippen molar-refractivity contribution in [1.29, 1.82) is 0 Å². The Labute approximate surface area is 63.6 Å². The van der Waals surface area contributed by atoms with Crippen LogP contribution in [-0.2, 0) is 0 Å². The van der Waals surface area contributed by atoms with E-state index in [4.69, 9.17) is 5.11 Å². The molecule has 0 heterocycles. The van der Waals surface area contributed by atoms with Crippen LogP contribution in [0.2, 0.25) is 0 Å². The standard InChI is InChI=1S/C8H19NO/c1-5-6(2)7(3)9-8(4)10/h6-10H,5H2,1-4H3. The molecule has 0 aromatic rings. The van der Waals surface area contributed by atoms with E-state index in [1.54, 1.807) is 6.92 Å². The maximum absolute atomic E-state index is 8.96. The predicted octanol–water partition coefficient (Wildman–Crippen LogP) is 1.35. The van der Waals surface area contributed by atoms with Crippen molar-refractivity contribution in [2.24, 2.45) is 5.92 Å². The van der Waals surface area contributed by atoms with Crippen LogP contribution in [0.25, 0.3) is 0 Å². The fraction of sp³-hybridized carbons (Fsp3) is 1.00. The highest BCUT2D eigenvalue weighted by atomic mass is 16.3. The van der Waals surface area contributed by atoms with E-state index in [0.717, 1.165) is 6.42 Å². The third-order valence-electron chi connectivity index (χ3n) is 2.00. The van der Waals surface area contributed by atoms with Crippen LogP contribution in [0.3, 0.4) is 0 Å². The fourth-order valence-electron chi connectivity index (χ4n) is 0.898. The maximum Gasteiger partial charge on any atom is 0.102 e. The summed E-state index contributed by atoms with van der Waals surface area (Å²) in [6, 6.07) is 0.407. The Morgan fingerprint density at radius 3 is 2.10 bits per heavy atom. The first-order valence-electron chi connectivity index (χ1n) is 4.02. The topological polar surface area (TPSA) is 32.3 Å². The summed E-state index contributed by atoms with van der Waals surface area (Å²) < 4.78 is 0. The van der Waals surface area contributed by atoms with Gasteiger partial charge in [-0.05, 0) is 19.8 Å². The molecule has 0 bridgehead atoms. The smallest absolute Gasteiger partial charge is 0.102 e. The van der Waals surface area contributed by atoms with Gasteiger partial charge in [-0.2, -0.15) is 0 Å². The molecule has 0 saturated heterocycles. The molecule has 2 N–H and O–H groups in total. The van der Waals surface area contributed by atoms with Gasteiger partial charge in [-0.1, -0.05) is 20.3 Å². The number of nitrogens with one attached hydrogen (secondary N) is 1.